The predicted molar refractivity (Wildman–Crippen MR) is 89.2 cm³/mol. The molecule has 3 heteroatoms. The van der Waals surface area contributed by atoms with Gasteiger partial charge in [0.05, 0.1) is 11.4 Å². The van der Waals surface area contributed by atoms with Crippen LogP contribution in [-0.4, -0.2) is 0 Å². The summed E-state index contributed by atoms with van der Waals surface area (Å²) in [6.07, 6.45) is 0. The lowest BCUT2D eigenvalue weighted by Crippen LogP contribution is -1.91. The van der Waals surface area contributed by atoms with Crippen molar-refractivity contribution in [3.8, 4) is 0 Å². The molecule has 0 saturated carbocycles. The molecular formula is C18H23N3. The molecule has 0 heterocycles. The summed E-state index contributed by atoms with van der Waals surface area (Å²) in [7, 11) is 0. The van der Waals surface area contributed by atoms with Crippen molar-refractivity contribution in [3.63, 3.8) is 0 Å². The molecule has 0 aliphatic rings. The summed E-state index contributed by atoms with van der Waals surface area (Å²) in [6, 6.07) is 16.4. The van der Waals surface area contributed by atoms with E-state index in [1.54, 1.807) is 0 Å². The van der Waals surface area contributed by atoms with E-state index >= 15 is 0 Å². The first-order valence-electron chi connectivity index (χ1n) is 7.43. The van der Waals surface area contributed by atoms with E-state index in [0.717, 1.165) is 11.4 Å². The van der Waals surface area contributed by atoms with Gasteiger partial charge in [-0.25, -0.2) is 0 Å². The van der Waals surface area contributed by atoms with Crippen LogP contribution >= 0.6 is 0 Å². The van der Waals surface area contributed by atoms with Crippen LogP contribution in [0.1, 0.15) is 50.7 Å². The van der Waals surface area contributed by atoms with E-state index in [0.29, 0.717) is 11.8 Å². The molecule has 110 valence electrons. The number of nitrogens with one attached hydrogen (secondary N) is 1. The second kappa shape index (κ2) is 7.02. The Labute approximate surface area is 127 Å². The number of benzene rings is 2. The fourth-order valence-electron chi connectivity index (χ4n) is 2.05. The number of hydrogen-bond acceptors (Lipinski definition) is 2. The Morgan fingerprint density at radius 2 is 1.43 bits per heavy atom. The Bertz CT molecular complexity index is 615. The van der Waals surface area contributed by atoms with Crippen LogP contribution in [0.25, 0.3) is 0 Å². The summed E-state index contributed by atoms with van der Waals surface area (Å²) >= 11 is 0. The molecule has 2 rings (SSSR count). The minimum absolute atomic E-state index is 0.496. The van der Waals surface area contributed by atoms with Gasteiger partial charge in [0.15, 0.2) is 0 Å². The SMILES string of the molecule is CC(C)c1cccc(N=NNc2cccc(C(C)C)c2)c1. The highest BCUT2D eigenvalue weighted by Crippen LogP contribution is 2.22. The monoisotopic (exact) mass is 281 g/mol. The third-order valence-corrected chi connectivity index (χ3v) is 3.43. The average Bonchev–Trinajstić information content (AvgIpc) is 2.48. The topological polar surface area (TPSA) is 36.8 Å². The van der Waals surface area contributed by atoms with E-state index in [2.05, 4.69) is 67.7 Å². The Hall–Kier alpha value is -2.16. The lowest BCUT2D eigenvalue weighted by atomic mass is 10.0. The molecule has 0 atom stereocenters. The van der Waals surface area contributed by atoms with Gasteiger partial charge in [-0.3, -0.25) is 5.43 Å². The molecule has 0 bridgehead atoms. The highest BCUT2D eigenvalue weighted by molar-refractivity contribution is 5.46. The van der Waals surface area contributed by atoms with Gasteiger partial charge in [-0.1, -0.05) is 57.2 Å². The van der Waals surface area contributed by atoms with Crippen LogP contribution in [0.3, 0.4) is 0 Å². The summed E-state index contributed by atoms with van der Waals surface area (Å²) < 4.78 is 0. The van der Waals surface area contributed by atoms with Gasteiger partial charge in [0.1, 0.15) is 0 Å². The van der Waals surface area contributed by atoms with Crippen molar-refractivity contribution < 1.29 is 0 Å². The number of nitrogens with zero attached hydrogens (tertiary/aromatic N) is 2. The molecule has 0 unspecified atom stereocenters. The van der Waals surface area contributed by atoms with Gasteiger partial charge in [0.25, 0.3) is 0 Å². The summed E-state index contributed by atoms with van der Waals surface area (Å²) in [5.41, 5.74) is 7.39. The fourth-order valence-corrected chi connectivity index (χ4v) is 2.05. The smallest absolute Gasteiger partial charge is 0.0877 e. The van der Waals surface area contributed by atoms with E-state index < -0.39 is 0 Å². The molecule has 0 fully saturated rings. The first-order chi connectivity index (χ1) is 10.1. The van der Waals surface area contributed by atoms with Crippen LogP contribution in [-0.2, 0) is 0 Å². The van der Waals surface area contributed by atoms with Gasteiger partial charge in [-0.15, -0.1) is 5.11 Å². The molecule has 0 aliphatic carbocycles. The Morgan fingerprint density at radius 1 is 0.810 bits per heavy atom. The van der Waals surface area contributed by atoms with Crippen molar-refractivity contribution in [2.24, 2.45) is 10.3 Å². The largest absolute Gasteiger partial charge is 0.260 e. The molecule has 0 amide bonds. The van der Waals surface area contributed by atoms with Crippen molar-refractivity contribution in [1.29, 1.82) is 0 Å². The molecule has 0 aromatic heterocycles. The third-order valence-electron chi connectivity index (χ3n) is 3.43. The van der Waals surface area contributed by atoms with E-state index in [-0.39, 0.29) is 0 Å². The summed E-state index contributed by atoms with van der Waals surface area (Å²) in [4.78, 5) is 0. The van der Waals surface area contributed by atoms with Crippen LogP contribution in [0.5, 0.6) is 0 Å². The lowest BCUT2D eigenvalue weighted by molar-refractivity contribution is 0.865. The number of anilines is 1. The molecule has 0 aliphatic heterocycles. The van der Waals surface area contributed by atoms with Gasteiger partial charge >= 0.3 is 0 Å². The quantitative estimate of drug-likeness (QED) is 0.526. The van der Waals surface area contributed by atoms with Crippen LogP contribution in [0, 0.1) is 0 Å². The molecular weight excluding hydrogens is 258 g/mol. The molecule has 21 heavy (non-hydrogen) atoms. The average molecular weight is 281 g/mol. The van der Waals surface area contributed by atoms with E-state index in [1.165, 1.54) is 11.1 Å². The standard InChI is InChI=1S/C18H23N3/c1-13(2)15-7-5-9-17(11-15)19-21-20-18-10-6-8-16(12-18)14(3)4/h5-14H,1-4H3,(H,19,20). The predicted octanol–water partition coefficient (Wildman–Crippen LogP) is 6.04. The van der Waals surface area contributed by atoms with E-state index in [9.17, 15) is 0 Å². The van der Waals surface area contributed by atoms with Gasteiger partial charge in [-0.2, -0.15) is 0 Å². The molecule has 2 aromatic carbocycles. The molecule has 1 N–H and O–H groups in total. The van der Waals surface area contributed by atoms with Gasteiger partial charge < -0.3 is 0 Å². The normalized spacial score (nSPS) is 11.5. The maximum Gasteiger partial charge on any atom is 0.0877 e. The second-order valence-corrected chi connectivity index (χ2v) is 5.84. The van der Waals surface area contributed by atoms with Gasteiger partial charge in [-0.05, 0) is 47.2 Å². The minimum Gasteiger partial charge on any atom is -0.260 e. The summed E-state index contributed by atoms with van der Waals surface area (Å²) in [6.45, 7) is 8.70. The highest BCUT2D eigenvalue weighted by Gasteiger charge is 2.00. The highest BCUT2D eigenvalue weighted by atomic mass is 15.4. The Kier molecular flexibility index (Phi) is 5.09. The zero-order valence-electron chi connectivity index (χ0n) is 13.2. The maximum atomic E-state index is 4.23. The third kappa shape index (κ3) is 4.42. The van der Waals surface area contributed by atoms with Crippen molar-refractivity contribution >= 4 is 11.4 Å². The summed E-state index contributed by atoms with van der Waals surface area (Å²) in [5, 5.41) is 8.32. The van der Waals surface area contributed by atoms with Crippen LogP contribution in [0.4, 0.5) is 11.4 Å². The number of rotatable bonds is 5. The van der Waals surface area contributed by atoms with Crippen molar-refractivity contribution in [2.45, 2.75) is 39.5 Å². The van der Waals surface area contributed by atoms with Crippen molar-refractivity contribution in [2.75, 3.05) is 5.43 Å². The van der Waals surface area contributed by atoms with E-state index in [4.69, 9.17) is 0 Å². The minimum atomic E-state index is 0.496. The van der Waals surface area contributed by atoms with Crippen LogP contribution in [0.15, 0.2) is 58.9 Å². The van der Waals surface area contributed by atoms with Crippen molar-refractivity contribution in [3.05, 3.63) is 59.7 Å². The van der Waals surface area contributed by atoms with E-state index in [1.807, 2.05) is 24.3 Å². The van der Waals surface area contributed by atoms with Crippen molar-refractivity contribution in [1.82, 2.24) is 0 Å². The zero-order chi connectivity index (χ0) is 15.2. The molecule has 0 saturated heterocycles. The maximum absolute atomic E-state index is 4.23. The first-order valence-corrected chi connectivity index (χ1v) is 7.43. The Morgan fingerprint density at radius 3 is 2.10 bits per heavy atom. The fraction of sp³-hybridized carbons (Fsp3) is 0.333. The van der Waals surface area contributed by atoms with Gasteiger partial charge in [0.2, 0.25) is 0 Å². The zero-order valence-corrected chi connectivity index (χ0v) is 13.2. The second-order valence-electron chi connectivity index (χ2n) is 5.84. The molecule has 2 aromatic rings. The first kappa shape index (κ1) is 15.2. The van der Waals surface area contributed by atoms with Crippen LogP contribution < -0.4 is 5.43 Å². The Balaban J connectivity index is 2.05. The van der Waals surface area contributed by atoms with Crippen LogP contribution in [0.2, 0.25) is 0 Å². The number of hydrogen-bond donors (Lipinski definition) is 1. The van der Waals surface area contributed by atoms with Gasteiger partial charge in [0, 0.05) is 0 Å². The summed E-state index contributed by atoms with van der Waals surface area (Å²) in [5.74, 6) is 1.00. The molecule has 3 nitrogen and oxygen atoms in total. The lowest BCUT2D eigenvalue weighted by Gasteiger charge is -2.07. The molecule has 0 radical (unpaired) electrons. The molecule has 0 spiro atoms.